The average molecular weight is 314 g/mol. The van der Waals surface area contributed by atoms with Crippen molar-refractivity contribution in [3.8, 4) is 0 Å². The van der Waals surface area contributed by atoms with Gasteiger partial charge in [-0.05, 0) is 50.4 Å². The van der Waals surface area contributed by atoms with E-state index in [9.17, 15) is 4.79 Å². The van der Waals surface area contributed by atoms with Gasteiger partial charge in [0.15, 0.2) is 5.82 Å². The summed E-state index contributed by atoms with van der Waals surface area (Å²) >= 11 is 0. The van der Waals surface area contributed by atoms with Crippen LogP contribution in [0.2, 0.25) is 0 Å². The summed E-state index contributed by atoms with van der Waals surface area (Å²) in [5.74, 6) is 1.53. The van der Waals surface area contributed by atoms with Crippen LogP contribution >= 0.6 is 0 Å². The van der Waals surface area contributed by atoms with E-state index in [1.54, 1.807) is 0 Å². The molecule has 1 unspecified atom stereocenters. The van der Waals surface area contributed by atoms with Crippen LogP contribution in [-0.2, 0) is 17.6 Å². The van der Waals surface area contributed by atoms with Crippen LogP contribution in [0.5, 0.6) is 0 Å². The summed E-state index contributed by atoms with van der Waals surface area (Å²) in [7, 11) is 0. The molecule has 1 saturated heterocycles. The van der Waals surface area contributed by atoms with Gasteiger partial charge in [-0.25, -0.2) is 0 Å². The smallest absolute Gasteiger partial charge is 0.232 e. The van der Waals surface area contributed by atoms with Crippen molar-refractivity contribution in [2.75, 3.05) is 18.4 Å². The minimum absolute atomic E-state index is 0.130. The second-order valence-corrected chi connectivity index (χ2v) is 5.95. The fourth-order valence-corrected chi connectivity index (χ4v) is 2.86. The summed E-state index contributed by atoms with van der Waals surface area (Å²) in [5, 5.41) is 10.1. The quantitative estimate of drug-likeness (QED) is 0.884. The van der Waals surface area contributed by atoms with Gasteiger partial charge < -0.3 is 15.2 Å². The number of carbonyl (C=O) groups excluding carboxylic acids is 1. The fraction of sp³-hybridized carbons (Fsp3) is 0.471. The molecular formula is C17H22N4O2. The first kappa shape index (κ1) is 15.7. The van der Waals surface area contributed by atoms with Crippen LogP contribution in [0.1, 0.15) is 31.0 Å². The first-order chi connectivity index (χ1) is 11.3. The minimum atomic E-state index is -0.137. The van der Waals surface area contributed by atoms with Crippen molar-refractivity contribution in [1.82, 2.24) is 15.5 Å². The van der Waals surface area contributed by atoms with Crippen molar-refractivity contribution < 1.29 is 9.32 Å². The van der Waals surface area contributed by atoms with Crippen molar-refractivity contribution in [1.29, 1.82) is 0 Å². The van der Waals surface area contributed by atoms with Crippen LogP contribution in [-0.4, -0.2) is 29.1 Å². The van der Waals surface area contributed by atoms with Crippen molar-refractivity contribution in [3.63, 3.8) is 0 Å². The Morgan fingerprint density at radius 3 is 3.00 bits per heavy atom. The van der Waals surface area contributed by atoms with E-state index in [2.05, 4.69) is 20.8 Å². The van der Waals surface area contributed by atoms with Crippen molar-refractivity contribution >= 4 is 11.6 Å². The van der Waals surface area contributed by atoms with Crippen LogP contribution in [0.3, 0.4) is 0 Å². The maximum absolute atomic E-state index is 12.0. The van der Waals surface area contributed by atoms with Crippen LogP contribution < -0.4 is 10.6 Å². The monoisotopic (exact) mass is 314 g/mol. The summed E-state index contributed by atoms with van der Waals surface area (Å²) in [6, 6.07) is 9.36. The van der Waals surface area contributed by atoms with Gasteiger partial charge in [0, 0.05) is 12.1 Å². The Morgan fingerprint density at radius 1 is 1.26 bits per heavy atom. The molecule has 2 aromatic rings. The number of benzene rings is 1. The highest BCUT2D eigenvalue weighted by Gasteiger charge is 2.17. The van der Waals surface area contributed by atoms with E-state index in [1.165, 1.54) is 12.8 Å². The molecule has 1 aromatic heterocycles. The molecule has 2 heterocycles. The van der Waals surface area contributed by atoms with E-state index in [-0.39, 0.29) is 12.3 Å². The Bertz CT molecular complexity index is 619. The summed E-state index contributed by atoms with van der Waals surface area (Å²) in [5.41, 5.74) is 0.771. The molecule has 0 bridgehead atoms. The number of carbonyl (C=O) groups is 1. The second-order valence-electron chi connectivity index (χ2n) is 5.95. The van der Waals surface area contributed by atoms with Gasteiger partial charge >= 0.3 is 0 Å². The summed E-state index contributed by atoms with van der Waals surface area (Å²) in [6.07, 6.45) is 4.43. The third-order valence-corrected chi connectivity index (χ3v) is 4.04. The molecular weight excluding hydrogens is 292 g/mol. The first-order valence-corrected chi connectivity index (χ1v) is 8.16. The molecule has 1 amide bonds. The number of amides is 1. The lowest BCUT2D eigenvalue weighted by molar-refractivity contribution is -0.115. The highest BCUT2D eigenvalue weighted by atomic mass is 16.5. The lowest BCUT2D eigenvalue weighted by Gasteiger charge is -2.09. The van der Waals surface area contributed by atoms with E-state index in [4.69, 9.17) is 4.52 Å². The summed E-state index contributed by atoms with van der Waals surface area (Å²) < 4.78 is 5.30. The minimum Gasteiger partial charge on any atom is -0.339 e. The Kier molecular flexibility index (Phi) is 5.37. The van der Waals surface area contributed by atoms with Gasteiger partial charge in [-0.15, -0.1) is 0 Å². The van der Waals surface area contributed by atoms with Crippen molar-refractivity contribution in [3.05, 3.63) is 42.0 Å². The van der Waals surface area contributed by atoms with Crippen molar-refractivity contribution in [2.45, 2.75) is 32.1 Å². The molecule has 1 fully saturated rings. The van der Waals surface area contributed by atoms with E-state index in [0.29, 0.717) is 17.6 Å². The Morgan fingerprint density at radius 2 is 2.13 bits per heavy atom. The second kappa shape index (κ2) is 7.87. The molecule has 2 N–H and O–H groups in total. The molecule has 1 aliphatic heterocycles. The maximum Gasteiger partial charge on any atom is 0.232 e. The zero-order valence-electron chi connectivity index (χ0n) is 13.1. The number of hydrogen-bond donors (Lipinski definition) is 2. The SMILES string of the molecule is O=C(Cc1noc(CC2CCCNCC2)n1)Nc1ccccc1. The van der Waals surface area contributed by atoms with Gasteiger partial charge in [0.1, 0.15) is 0 Å². The Balaban J connectivity index is 1.51. The standard InChI is InChI=1S/C17H22N4O2/c22-16(19-14-6-2-1-3-7-14)12-15-20-17(23-21-15)11-13-5-4-9-18-10-8-13/h1-3,6-7,13,18H,4-5,8-12H2,(H,19,22). The molecule has 3 rings (SSSR count). The van der Waals surface area contributed by atoms with E-state index in [1.807, 2.05) is 30.3 Å². The maximum atomic E-state index is 12.0. The number of aromatic nitrogens is 2. The lowest BCUT2D eigenvalue weighted by Crippen LogP contribution is -2.15. The van der Waals surface area contributed by atoms with Crippen LogP contribution in [0, 0.1) is 5.92 Å². The molecule has 6 nitrogen and oxygen atoms in total. The molecule has 0 saturated carbocycles. The summed E-state index contributed by atoms with van der Waals surface area (Å²) in [4.78, 5) is 16.3. The Labute approximate surface area is 135 Å². The zero-order chi connectivity index (χ0) is 15.9. The van der Waals surface area contributed by atoms with Gasteiger partial charge in [0.2, 0.25) is 11.8 Å². The van der Waals surface area contributed by atoms with Crippen molar-refractivity contribution in [2.24, 2.45) is 5.92 Å². The fourth-order valence-electron chi connectivity index (χ4n) is 2.86. The topological polar surface area (TPSA) is 80.1 Å². The molecule has 0 radical (unpaired) electrons. The number of hydrogen-bond acceptors (Lipinski definition) is 5. The number of para-hydroxylation sites is 1. The third-order valence-electron chi connectivity index (χ3n) is 4.04. The molecule has 1 aromatic carbocycles. The van der Waals surface area contributed by atoms with Gasteiger partial charge in [-0.1, -0.05) is 23.4 Å². The van der Waals surface area contributed by atoms with Crippen LogP contribution in [0.15, 0.2) is 34.9 Å². The average Bonchev–Trinajstić information content (AvgIpc) is 2.81. The highest BCUT2D eigenvalue weighted by molar-refractivity contribution is 5.91. The first-order valence-electron chi connectivity index (χ1n) is 8.16. The highest BCUT2D eigenvalue weighted by Crippen LogP contribution is 2.18. The molecule has 1 atom stereocenters. The van der Waals surface area contributed by atoms with Gasteiger partial charge in [-0.2, -0.15) is 4.98 Å². The predicted octanol–water partition coefficient (Wildman–Crippen LogP) is 2.18. The van der Waals surface area contributed by atoms with E-state index < -0.39 is 0 Å². The molecule has 0 spiro atoms. The lowest BCUT2D eigenvalue weighted by atomic mass is 9.97. The molecule has 0 aliphatic carbocycles. The molecule has 1 aliphatic rings. The normalized spacial score (nSPS) is 18.3. The van der Waals surface area contributed by atoms with Crippen LogP contribution in [0.4, 0.5) is 5.69 Å². The number of rotatable bonds is 5. The number of nitrogens with one attached hydrogen (secondary N) is 2. The van der Waals surface area contributed by atoms with Gasteiger partial charge in [0.25, 0.3) is 0 Å². The number of anilines is 1. The molecule has 23 heavy (non-hydrogen) atoms. The number of nitrogens with zero attached hydrogens (tertiary/aromatic N) is 2. The van der Waals surface area contributed by atoms with E-state index in [0.717, 1.165) is 31.6 Å². The molecule has 6 heteroatoms. The zero-order valence-corrected chi connectivity index (χ0v) is 13.1. The van der Waals surface area contributed by atoms with Crippen LogP contribution in [0.25, 0.3) is 0 Å². The van der Waals surface area contributed by atoms with E-state index >= 15 is 0 Å². The predicted molar refractivity (Wildman–Crippen MR) is 87.0 cm³/mol. The van der Waals surface area contributed by atoms with Gasteiger partial charge in [0.05, 0.1) is 6.42 Å². The largest absolute Gasteiger partial charge is 0.339 e. The van der Waals surface area contributed by atoms with Gasteiger partial charge in [-0.3, -0.25) is 4.79 Å². The third kappa shape index (κ3) is 4.89. The Hall–Kier alpha value is -2.21. The summed E-state index contributed by atoms with van der Waals surface area (Å²) in [6.45, 7) is 2.14. The molecule has 122 valence electrons.